The monoisotopic (exact) mass is 578 g/mol. The maximum absolute atomic E-state index is 2.80. The third-order valence-electron chi connectivity index (χ3n) is 12.4. The maximum atomic E-state index is 2.80. The fraction of sp³-hybridized carbons (Fsp3) is 0.538. The summed E-state index contributed by atoms with van der Waals surface area (Å²) in [4.78, 5) is 0. The number of hydrogen-bond acceptors (Lipinski definition) is 0. The lowest BCUT2D eigenvalue weighted by Gasteiger charge is -2.45. The summed E-state index contributed by atoms with van der Waals surface area (Å²) in [5.41, 5.74) is 4.84. The van der Waals surface area contributed by atoms with Crippen molar-refractivity contribution < 1.29 is 0 Å². The molecule has 2 heteroatoms. The van der Waals surface area contributed by atoms with Crippen molar-refractivity contribution in [3.63, 3.8) is 0 Å². The van der Waals surface area contributed by atoms with Gasteiger partial charge in [0.2, 0.25) is 0 Å². The summed E-state index contributed by atoms with van der Waals surface area (Å²) in [6.07, 6.45) is 16.9. The number of fused-ring (bicyclic) bond motifs is 4. The second-order valence-electron chi connectivity index (χ2n) is 14.4. The van der Waals surface area contributed by atoms with Crippen molar-refractivity contribution in [2.75, 3.05) is 0 Å². The van der Waals surface area contributed by atoms with Gasteiger partial charge in [0.05, 0.1) is 0 Å². The lowest BCUT2D eigenvalue weighted by Crippen LogP contribution is -2.34. The van der Waals surface area contributed by atoms with Crippen molar-refractivity contribution in [1.82, 2.24) is 0 Å². The molecule has 0 heterocycles. The quantitative estimate of drug-likeness (QED) is 0.234. The smallest absolute Gasteiger partial charge is 0.0116 e. The molecule has 5 fully saturated rings. The molecule has 9 atom stereocenters. The highest BCUT2D eigenvalue weighted by molar-refractivity contribution is 7.79. The number of hydrogen-bond donors (Lipinski definition) is 0. The molecule has 0 nitrogen and oxygen atoms in total. The van der Waals surface area contributed by atoms with E-state index in [0.717, 1.165) is 52.5 Å². The number of benzene rings is 3. The zero-order valence-electron chi connectivity index (χ0n) is 25.0. The van der Waals surface area contributed by atoms with Crippen LogP contribution in [0.5, 0.6) is 0 Å². The molecule has 5 aliphatic rings. The lowest BCUT2D eigenvalue weighted by atomic mass is 9.87. The van der Waals surface area contributed by atoms with Gasteiger partial charge in [-0.05, 0) is 133 Å². The highest BCUT2D eigenvalue weighted by Crippen LogP contribution is 2.71. The zero-order valence-corrected chi connectivity index (χ0v) is 26.7. The second-order valence-corrected chi connectivity index (χ2v) is 19.7. The van der Waals surface area contributed by atoms with Crippen LogP contribution in [0.4, 0.5) is 0 Å². The number of rotatable bonds is 8. The van der Waals surface area contributed by atoms with Crippen LogP contribution in [0, 0.1) is 29.6 Å². The Bertz CT molecular complexity index is 1250. The van der Waals surface area contributed by atoms with Crippen molar-refractivity contribution in [1.29, 1.82) is 0 Å². The SMILES string of the molecule is C[C@H](C1CCCC1c1ccccc1P(c1ccccc1)c1ccccc1)P([C@H]1C[C@@H]2CC[C@H]1C2)[C@H]1C[C@@H]2CC[C@H]1C2. The van der Waals surface area contributed by atoms with E-state index in [9.17, 15) is 0 Å². The first-order valence-corrected chi connectivity index (χ1v) is 19.9. The molecule has 0 spiro atoms. The van der Waals surface area contributed by atoms with E-state index in [4.69, 9.17) is 0 Å². The molecular weight excluding hydrogens is 530 g/mol. The van der Waals surface area contributed by atoms with Gasteiger partial charge in [-0.25, -0.2) is 0 Å². The molecule has 0 N–H and O–H groups in total. The van der Waals surface area contributed by atoms with Gasteiger partial charge in [0.25, 0.3) is 0 Å². The summed E-state index contributed by atoms with van der Waals surface area (Å²) in [6.45, 7) is 2.80. The van der Waals surface area contributed by atoms with E-state index in [0.29, 0.717) is 0 Å². The highest BCUT2D eigenvalue weighted by atomic mass is 31.1. The van der Waals surface area contributed by atoms with Crippen LogP contribution in [0.3, 0.4) is 0 Å². The highest BCUT2D eigenvalue weighted by Gasteiger charge is 2.53. The van der Waals surface area contributed by atoms with Crippen LogP contribution in [0.15, 0.2) is 84.9 Å². The zero-order chi connectivity index (χ0) is 27.3. The Balaban J connectivity index is 1.16. The Kier molecular flexibility index (Phi) is 7.63. The van der Waals surface area contributed by atoms with Crippen LogP contribution in [-0.4, -0.2) is 17.0 Å². The van der Waals surface area contributed by atoms with E-state index in [1.807, 2.05) is 0 Å². The fourth-order valence-electron chi connectivity index (χ4n) is 10.8. The largest absolute Gasteiger partial charge is 0.0965 e. The van der Waals surface area contributed by atoms with E-state index in [1.165, 1.54) is 29.9 Å². The molecule has 0 saturated heterocycles. The molecule has 3 aromatic carbocycles. The molecule has 0 amide bonds. The topological polar surface area (TPSA) is 0 Å². The summed E-state index contributed by atoms with van der Waals surface area (Å²) < 4.78 is 0. The van der Waals surface area contributed by atoms with Gasteiger partial charge in [0.1, 0.15) is 0 Å². The minimum Gasteiger partial charge on any atom is -0.0965 e. The van der Waals surface area contributed by atoms with Crippen LogP contribution in [-0.2, 0) is 0 Å². The van der Waals surface area contributed by atoms with Gasteiger partial charge in [-0.2, -0.15) is 0 Å². The van der Waals surface area contributed by atoms with E-state index in [-0.39, 0.29) is 7.92 Å². The van der Waals surface area contributed by atoms with E-state index >= 15 is 0 Å². The standard InChI is InChI=1S/C39H48P2/c1-27(40(38-25-28-19-21-30(38)23-28)39-26-29-20-22-31(39)24-29)34-16-10-17-35(34)36-15-8-9-18-37(36)41(32-11-4-2-5-12-32)33-13-6-3-7-14-33/h2-9,11-15,18,27-31,34-35,38-39H,10,16-17,19-26H2,1H3/t27-,28-,29-,30+,31+,34?,35?,38+,39+/m1/s1. The molecule has 214 valence electrons. The second kappa shape index (κ2) is 11.5. The molecule has 0 radical (unpaired) electrons. The Morgan fingerprint density at radius 3 is 1.68 bits per heavy atom. The van der Waals surface area contributed by atoms with Gasteiger partial charge in [0.15, 0.2) is 0 Å². The van der Waals surface area contributed by atoms with E-state index in [1.54, 1.807) is 62.2 Å². The molecule has 2 unspecified atom stereocenters. The predicted octanol–water partition coefficient (Wildman–Crippen LogP) is 9.58. The average molecular weight is 579 g/mol. The molecule has 5 aliphatic carbocycles. The predicted molar refractivity (Wildman–Crippen MR) is 180 cm³/mol. The van der Waals surface area contributed by atoms with Gasteiger partial charge in [0, 0.05) is 0 Å². The van der Waals surface area contributed by atoms with Crippen LogP contribution in [0.25, 0.3) is 0 Å². The Hall–Kier alpha value is -1.48. The minimum atomic E-state index is -0.557. The third kappa shape index (κ3) is 4.98. The van der Waals surface area contributed by atoms with Crippen molar-refractivity contribution >= 4 is 31.8 Å². The molecule has 41 heavy (non-hydrogen) atoms. The van der Waals surface area contributed by atoms with Gasteiger partial charge in [-0.3, -0.25) is 0 Å². The molecule has 0 aromatic heterocycles. The molecular formula is C39H48P2. The Morgan fingerprint density at radius 2 is 1.15 bits per heavy atom. The fourth-order valence-corrected chi connectivity index (χ4v) is 18.4. The maximum Gasteiger partial charge on any atom is -0.0116 e. The van der Waals surface area contributed by atoms with Crippen LogP contribution in [0.2, 0.25) is 0 Å². The van der Waals surface area contributed by atoms with E-state index < -0.39 is 7.92 Å². The first-order chi connectivity index (χ1) is 20.2. The Labute approximate surface area is 251 Å². The van der Waals surface area contributed by atoms with Crippen molar-refractivity contribution in [3.8, 4) is 0 Å². The Morgan fingerprint density at radius 1 is 0.585 bits per heavy atom. The summed E-state index contributed by atoms with van der Waals surface area (Å²) in [5, 5.41) is 4.62. The third-order valence-corrected chi connectivity index (χ3v) is 19.1. The molecule has 4 bridgehead atoms. The summed E-state index contributed by atoms with van der Waals surface area (Å²) in [6, 6.07) is 32.6. The first kappa shape index (κ1) is 27.1. The van der Waals surface area contributed by atoms with E-state index in [2.05, 4.69) is 91.9 Å². The van der Waals surface area contributed by atoms with Gasteiger partial charge in [-0.1, -0.05) is 119 Å². The lowest BCUT2D eigenvalue weighted by molar-refractivity contribution is 0.433. The minimum absolute atomic E-state index is 0.111. The van der Waals surface area contributed by atoms with Crippen molar-refractivity contribution in [3.05, 3.63) is 90.5 Å². The van der Waals surface area contributed by atoms with Crippen molar-refractivity contribution in [2.45, 2.75) is 100 Å². The summed E-state index contributed by atoms with van der Waals surface area (Å²) in [7, 11) is -0.446. The van der Waals surface area contributed by atoms with Crippen LogP contribution in [0.1, 0.15) is 89.0 Å². The summed E-state index contributed by atoms with van der Waals surface area (Å²) >= 11 is 0. The van der Waals surface area contributed by atoms with Crippen LogP contribution < -0.4 is 15.9 Å². The van der Waals surface area contributed by atoms with Gasteiger partial charge >= 0.3 is 0 Å². The molecule has 0 aliphatic heterocycles. The molecule has 5 saturated carbocycles. The normalized spacial score (nSPS) is 34.7. The van der Waals surface area contributed by atoms with Crippen molar-refractivity contribution in [2.24, 2.45) is 29.6 Å². The van der Waals surface area contributed by atoms with Crippen LogP contribution >= 0.6 is 15.8 Å². The molecule has 3 aromatic rings. The molecule has 8 rings (SSSR count). The first-order valence-electron chi connectivity index (χ1n) is 17.0. The van der Waals surface area contributed by atoms with Gasteiger partial charge < -0.3 is 0 Å². The average Bonchev–Trinajstić information content (AvgIpc) is 3.86. The van der Waals surface area contributed by atoms with Gasteiger partial charge in [-0.15, -0.1) is 0 Å². The summed E-state index contributed by atoms with van der Waals surface area (Å²) in [5.74, 6) is 5.96.